The number of hydrogen-bond donors (Lipinski definition) is 5. The zero-order valence-corrected chi connectivity index (χ0v) is 15.6. The van der Waals surface area contributed by atoms with Gasteiger partial charge in [-0.3, -0.25) is 0 Å². The minimum atomic E-state index is -1.51. The highest BCUT2D eigenvalue weighted by molar-refractivity contribution is 5.65. The highest BCUT2D eigenvalue weighted by Crippen LogP contribution is 2.35. The third kappa shape index (κ3) is 4.17. The van der Waals surface area contributed by atoms with Gasteiger partial charge in [0, 0.05) is 11.6 Å². The molecule has 0 saturated carbocycles. The number of benzene rings is 2. The summed E-state index contributed by atoms with van der Waals surface area (Å²) in [5.41, 5.74) is 1.70. The number of ether oxygens (including phenoxy) is 1. The maximum atomic E-state index is 13.5. The summed E-state index contributed by atoms with van der Waals surface area (Å²) in [6, 6.07) is 7.88. The minimum Gasteiger partial charge on any atom is -0.486 e. The van der Waals surface area contributed by atoms with E-state index in [1.807, 2.05) is 0 Å². The van der Waals surface area contributed by atoms with E-state index in [0.29, 0.717) is 22.3 Å². The normalized spacial score (nSPS) is 23.1. The van der Waals surface area contributed by atoms with Crippen molar-refractivity contribution in [3.63, 3.8) is 0 Å². The molecule has 0 saturated heterocycles. The number of halogens is 2. The van der Waals surface area contributed by atoms with Crippen molar-refractivity contribution in [1.82, 2.24) is 0 Å². The van der Waals surface area contributed by atoms with Gasteiger partial charge < -0.3 is 30.3 Å². The molecule has 0 aromatic heterocycles. The maximum absolute atomic E-state index is 13.5. The van der Waals surface area contributed by atoms with Gasteiger partial charge in [-0.25, -0.2) is 8.78 Å². The van der Waals surface area contributed by atoms with Crippen LogP contribution in [0.1, 0.15) is 17.2 Å². The van der Waals surface area contributed by atoms with Crippen LogP contribution in [0.4, 0.5) is 8.78 Å². The Balaban J connectivity index is 1.98. The van der Waals surface area contributed by atoms with Gasteiger partial charge in [0.25, 0.3) is 0 Å². The number of hydrogen-bond acceptors (Lipinski definition) is 6. The fraction of sp³-hybridized carbons (Fsp3) is 0.333. The Morgan fingerprint density at radius 3 is 2.21 bits per heavy atom. The van der Waals surface area contributed by atoms with E-state index in [1.54, 1.807) is 19.1 Å². The Bertz CT molecular complexity index is 909. The Morgan fingerprint density at radius 1 is 1.00 bits per heavy atom. The van der Waals surface area contributed by atoms with E-state index in [1.165, 1.54) is 18.2 Å². The molecule has 0 bridgehead atoms. The van der Waals surface area contributed by atoms with Gasteiger partial charge in [-0.2, -0.15) is 0 Å². The van der Waals surface area contributed by atoms with Crippen LogP contribution in [0.2, 0.25) is 0 Å². The van der Waals surface area contributed by atoms with Crippen LogP contribution in [-0.2, 0) is 4.74 Å². The molecule has 0 fully saturated rings. The van der Waals surface area contributed by atoms with Crippen LogP contribution in [-0.4, -0.2) is 57.1 Å². The van der Waals surface area contributed by atoms with Crippen LogP contribution in [0, 0.1) is 18.6 Å². The molecule has 4 atom stereocenters. The van der Waals surface area contributed by atoms with Crippen LogP contribution in [0.5, 0.6) is 0 Å². The van der Waals surface area contributed by atoms with Crippen molar-refractivity contribution in [2.75, 3.05) is 13.2 Å². The molecule has 0 spiro atoms. The second-order valence-electron chi connectivity index (χ2n) is 6.95. The molecule has 1 aliphatic heterocycles. The molecule has 29 heavy (non-hydrogen) atoms. The third-order valence-corrected chi connectivity index (χ3v) is 5.02. The Morgan fingerprint density at radius 2 is 1.66 bits per heavy atom. The first-order valence-corrected chi connectivity index (χ1v) is 8.99. The monoisotopic (exact) mass is 408 g/mol. The summed E-state index contributed by atoms with van der Waals surface area (Å²) in [5, 5.41) is 49.8. The van der Waals surface area contributed by atoms with Gasteiger partial charge in [0.05, 0.1) is 13.2 Å². The van der Waals surface area contributed by atoms with Crippen LogP contribution >= 0.6 is 0 Å². The molecule has 0 amide bonds. The third-order valence-electron chi connectivity index (χ3n) is 5.02. The quantitative estimate of drug-likeness (QED) is 0.511. The van der Waals surface area contributed by atoms with E-state index in [0.717, 1.165) is 6.07 Å². The van der Waals surface area contributed by atoms with Crippen molar-refractivity contribution in [2.45, 2.75) is 31.3 Å². The Hall–Kier alpha value is -2.36. The summed E-state index contributed by atoms with van der Waals surface area (Å²) < 4.78 is 32.4. The number of aliphatic hydroxyl groups excluding tert-OH is 5. The zero-order chi connectivity index (χ0) is 21.3. The summed E-state index contributed by atoms with van der Waals surface area (Å²) >= 11 is 0. The maximum Gasteiger partial charge on any atom is 0.150 e. The number of aliphatic hydroxyl groups is 5. The fourth-order valence-corrected chi connectivity index (χ4v) is 3.44. The van der Waals surface area contributed by atoms with E-state index >= 15 is 0 Å². The lowest BCUT2D eigenvalue weighted by Crippen LogP contribution is -2.47. The highest BCUT2D eigenvalue weighted by Gasteiger charge is 2.39. The van der Waals surface area contributed by atoms with E-state index in [9.17, 15) is 34.3 Å². The van der Waals surface area contributed by atoms with Gasteiger partial charge >= 0.3 is 0 Å². The van der Waals surface area contributed by atoms with Crippen LogP contribution in [0.15, 0.2) is 47.7 Å². The van der Waals surface area contributed by atoms with Crippen molar-refractivity contribution in [3.05, 3.63) is 70.5 Å². The smallest absolute Gasteiger partial charge is 0.150 e. The molecular weight excluding hydrogens is 386 g/mol. The molecule has 2 aromatic carbocycles. The van der Waals surface area contributed by atoms with E-state index in [-0.39, 0.29) is 11.3 Å². The molecule has 8 heteroatoms. The van der Waals surface area contributed by atoms with Crippen molar-refractivity contribution >= 4 is 0 Å². The molecule has 5 N–H and O–H groups in total. The summed E-state index contributed by atoms with van der Waals surface area (Å²) in [5.74, 6) is -1.58. The van der Waals surface area contributed by atoms with Gasteiger partial charge in [0.15, 0.2) is 0 Å². The summed E-state index contributed by atoms with van der Waals surface area (Å²) in [6.45, 7) is 0.410. The van der Waals surface area contributed by atoms with Crippen molar-refractivity contribution in [3.8, 4) is 11.1 Å². The standard InChI is InChI=1S/C21H22F2O6/c1-10-4-11(12-5-13(22)7-14(23)6-12)2-3-15(10)19(27)21-16(8-24)18(26)20(28)17(9-25)29-21/h2-7,17-20,24-28H,8-9H2,1H3/t17?,18?,19-,20-/m1/s1. The zero-order valence-electron chi connectivity index (χ0n) is 15.6. The highest BCUT2D eigenvalue weighted by atomic mass is 19.1. The predicted molar refractivity (Wildman–Crippen MR) is 99.6 cm³/mol. The molecule has 1 aliphatic rings. The lowest BCUT2D eigenvalue weighted by Gasteiger charge is -2.36. The molecule has 156 valence electrons. The molecule has 0 aliphatic carbocycles. The first kappa shape index (κ1) is 21.4. The van der Waals surface area contributed by atoms with Gasteiger partial charge in [0.1, 0.15) is 41.8 Å². The predicted octanol–water partition coefficient (Wildman–Crippen LogP) is 1.33. The SMILES string of the molecule is Cc1cc(-c2cc(F)cc(F)c2)ccc1[C@@H](O)C1=C(CO)C(O)[C@H](O)C(CO)O1. The lowest BCUT2D eigenvalue weighted by atomic mass is 9.91. The molecule has 2 unspecified atom stereocenters. The van der Waals surface area contributed by atoms with Crippen LogP contribution in [0.25, 0.3) is 11.1 Å². The van der Waals surface area contributed by atoms with E-state index in [4.69, 9.17) is 4.74 Å². The van der Waals surface area contributed by atoms with Gasteiger partial charge in [0.2, 0.25) is 0 Å². The molecule has 3 rings (SSSR count). The first-order valence-electron chi connectivity index (χ1n) is 8.99. The lowest BCUT2D eigenvalue weighted by molar-refractivity contribution is -0.112. The van der Waals surface area contributed by atoms with Crippen molar-refractivity contribution < 1.29 is 39.1 Å². The summed E-state index contributed by atoms with van der Waals surface area (Å²) in [7, 11) is 0. The summed E-state index contributed by atoms with van der Waals surface area (Å²) in [6.07, 6.45) is -5.53. The van der Waals surface area contributed by atoms with Gasteiger partial charge in [-0.05, 0) is 41.3 Å². The Kier molecular flexibility index (Phi) is 6.30. The van der Waals surface area contributed by atoms with Gasteiger partial charge in [-0.1, -0.05) is 18.2 Å². The average Bonchev–Trinajstić information content (AvgIpc) is 2.68. The largest absolute Gasteiger partial charge is 0.486 e. The number of aryl methyl sites for hydroxylation is 1. The molecule has 1 heterocycles. The molecule has 6 nitrogen and oxygen atoms in total. The average molecular weight is 408 g/mol. The first-order chi connectivity index (χ1) is 13.8. The summed E-state index contributed by atoms with van der Waals surface area (Å²) in [4.78, 5) is 0. The molecular formula is C21H22F2O6. The van der Waals surface area contributed by atoms with Crippen LogP contribution < -0.4 is 0 Å². The Labute approximate surface area is 165 Å². The number of rotatable bonds is 5. The molecule has 0 radical (unpaired) electrons. The second-order valence-corrected chi connectivity index (χ2v) is 6.95. The van der Waals surface area contributed by atoms with E-state index < -0.39 is 49.3 Å². The minimum absolute atomic E-state index is 0.0922. The fourth-order valence-electron chi connectivity index (χ4n) is 3.44. The molecule has 2 aromatic rings. The van der Waals surface area contributed by atoms with Gasteiger partial charge in [-0.15, -0.1) is 0 Å². The second kappa shape index (κ2) is 8.56. The van der Waals surface area contributed by atoms with Crippen molar-refractivity contribution in [1.29, 1.82) is 0 Å². The topological polar surface area (TPSA) is 110 Å². The van der Waals surface area contributed by atoms with E-state index in [2.05, 4.69) is 0 Å². The van der Waals surface area contributed by atoms with Crippen LogP contribution in [0.3, 0.4) is 0 Å². The van der Waals surface area contributed by atoms with Crippen molar-refractivity contribution in [2.24, 2.45) is 0 Å².